The SMILES string of the molecule is C=CCOc1c(C=O)ccc(F)c1F. The van der Waals surface area contributed by atoms with Crippen LogP contribution in [0.1, 0.15) is 10.4 Å². The summed E-state index contributed by atoms with van der Waals surface area (Å²) in [5.41, 5.74) is -0.0225. The van der Waals surface area contributed by atoms with Crippen LogP contribution in [0.2, 0.25) is 0 Å². The van der Waals surface area contributed by atoms with Crippen molar-refractivity contribution in [3.8, 4) is 5.75 Å². The third-order valence-corrected chi connectivity index (χ3v) is 1.55. The lowest BCUT2D eigenvalue weighted by Gasteiger charge is -2.07. The molecule has 0 heterocycles. The average Bonchev–Trinajstić information content (AvgIpc) is 2.20. The first-order chi connectivity index (χ1) is 6.70. The van der Waals surface area contributed by atoms with Crippen molar-refractivity contribution < 1.29 is 18.3 Å². The molecule has 1 rings (SSSR count). The molecule has 0 bridgehead atoms. The molecule has 0 spiro atoms. The molecule has 0 aliphatic rings. The number of carbonyl (C=O) groups is 1. The summed E-state index contributed by atoms with van der Waals surface area (Å²) in [7, 11) is 0. The Morgan fingerprint density at radius 3 is 2.71 bits per heavy atom. The lowest BCUT2D eigenvalue weighted by molar-refractivity contribution is 0.111. The first kappa shape index (κ1) is 10.4. The van der Waals surface area contributed by atoms with E-state index in [1.54, 1.807) is 0 Å². The quantitative estimate of drug-likeness (QED) is 0.548. The number of hydrogen-bond acceptors (Lipinski definition) is 2. The number of rotatable bonds is 4. The second-order valence-corrected chi connectivity index (χ2v) is 2.50. The van der Waals surface area contributed by atoms with E-state index in [4.69, 9.17) is 4.74 Å². The number of carbonyl (C=O) groups excluding carboxylic acids is 1. The van der Waals surface area contributed by atoms with Gasteiger partial charge in [-0.15, -0.1) is 0 Å². The zero-order valence-corrected chi connectivity index (χ0v) is 7.30. The van der Waals surface area contributed by atoms with Gasteiger partial charge in [0.25, 0.3) is 0 Å². The Morgan fingerprint density at radius 2 is 2.14 bits per heavy atom. The average molecular weight is 198 g/mol. The van der Waals surface area contributed by atoms with Crippen molar-refractivity contribution in [1.29, 1.82) is 0 Å². The van der Waals surface area contributed by atoms with Crippen molar-refractivity contribution >= 4 is 6.29 Å². The van der Waals surface area contributed by atoms with Crippen molar-refractivity contribution in [3.63, 3.8) is 0 Å². The molecule has 0 amide bonds. The van der Waals surface area contributed by atoms with Crippen LogP contribution in [-0.2, 0) is 0 Å². The Morgan fingerprint density at radius 1 is 1.43 bits per heavy atom. The second kappa shape index (κ2) is 4.50. The van der Waals surface area contributed by atoms with Gasteiger partial charge in [-0.25, -0.2) is 4.39 Å². The number of hydrogen-bond donors (Lipinski definition) is 0. The maximum absolute atomic E-state index is 13.1. The van der Waals surface area contributed by atoms with Gasteiger partial charge in [0.1, 0.15) is 6.61 Å². The highest BCUT2D eigenvalue weighted by Crippen LogP contribution is 2.23. The lowest BCUT2D eigenvalue weighted by atomic mass is 10.2. The number of ether oxygens (including phenoxy) is 1. The van der Waals surface area contributed by atoms with Gasteiger partial charge in [-0.2, -0.15) is 4.39 Å². The van der Waals surface area contributed by atoms with E-state index in [1.165, 1.54) is 6.08 Å². The molecular weight excluding hydrogens is 190 g/mol. The van der Waals surface area contributed by atoms with Crippen LogP contribution in [0.5, 0.6) is 5.75 Å². The van der Waals surface area contributed by atoms with Crippen LogP contribution < -0.4 is 4.74 Å². The molecule has 0 unspecified atom stereocenters. The molecule has 0 fully saturated rings. The summed E-state index contributed by atoms with van der Waals surface area (Å²) in [6, 6.07) is 2.03. The summed E-state index contributed by atoms with van der Waals surface area (Å²) < 4.78 is 30.6. The first-order valence-corrected chi connectivity index (χ1v) is 3.87. The van der Waals surface area contributed by atoms with E-state index in [2.05, 4.69) is 6.58 Å². The maximum Gasteiger partial charge on any atom is 0.201 e. The summed E-state index contributed by atoms with van der Waals surface area (Å²) in [6.45, 7) is 3.37. The third-order valence-electron chi connectivity index (χ3n) is 1.55. The van der Waals surface area contributed by atoms with Gasteiger partial charge in [-0.3, -0.25) is 4.79 Å². The van der Waals surface area contributed by atoms with Crippen molar-refractivity contribution in [3.05, 3.63) is 42.0 Å². The Labute approximate surface area is 79.8 Å². The molecular formula is C10H8F2O2. The highest BCUT2D eigenvalue weighted by molar-refractivity contribution is 5.79. The van der Waals surface area contributed by atoms with Crippen molar-refractivity contribution in [2.45, 2.75) is 0 Å². The Kier molecular flexibility index (Phi) is 3.34. The summed E-state index contributed by atoms with van der Waals surface area (Å²) in [4.78, 5) is 10.5. The van der Waals surface area contributed by atoms with Crippen molar-refractivity contribution in [2.24, 2.45) is 0 Å². The largest absolute Gasteiger partial charge is 0.486 e. The van der Waals surface area contributed by atoms with E-state index >= 15 is 0 Å². The Bertz CT molecular complexity index is 361. The monoisotopic (exact) mass is 198 g/mol. The fraction of sp³-hybridized carbons (Fsp3) is 0.100. The number of halogens is 2. The van der Waals surface area contributed by atoms with Crippen LogP contribution in [-0.4, -0.2) is 12.9 Å². The van der Waals surface area contributed by atoms with Crippen LogP contribution >= 0.6 is 0 Å². The Balaban J connectivity index is 3.13. The van der Waals surface area contributed by atoms with E-state index in [0.717, 1.165) is 12.1 Å². The zero-order chi connectivity index (χ0) is 10.6. The topological polar surface area (TPSA) is 26.3 Å². The van der Waals surface area contributed by atoms with Crippen LogP contribution in [0.4, 0.5) is 8.78 Å². The van der Waals surface area contributed by atoms with Gasteiger partial charge in [-0.05, 0) is 12.1 Å². The van der Waals surface area contributed by atoms with Gasteiger partial charge in [0.15, 0.2) is 17.9 Å². The third kappa shape index (κ3) is 1.96. The van der Waals surface area contributed by atoms with Crippen LogP contribution in [0.3, 0.4) is 0 Å². The normalized spacial score (nSPS) is 9.57. The van der Waals surface area contributed by atoms with E-state index in [1.807, 2.05) is 0 Å². The molecule has 0 aliphatic carbocycles. The molecule has 1 aromatic carbocycles. The predicted octanol–water partition coefficient (Wildman–Crippen LogP) is 2.34. The fourth-order valence-corrected chi connectivity index (χ4v) is 0.929. The molecule has 0 radical (unpaired) electrons. The molecule has 14 heavy (non-hydrogen) atoms. The van der Waals surface area contributed by atoms with E-state index in [-0.39, 0.29) is 17.9 Å². The van der Waals surface area contributed by atoms with Gasteiger partial charge in [-0.1, -0.05) is 12.7 Å². The first-order valence-electron chi connectivity index (χ1n) is 3.87. The van der Waals surface area contributed by atoms with Crippen LogP contribution in [0, 0.1) is 11.6 Å². The number of benzene rings is 1. The highest BCUT2D eigenvalue weighted by Gasteiger charge is 2.13. The molecule has 4 heteroatoms. The second-order valence-electron chi connectivity index (χ2n) is 2.50. The maximum atomic E-state index is 13.1. The van der Waals surface area contributed by atoms with Gasteiger partial charge in [0.2, 0.25) is 5.82 Å². The fourth-order valence-electron chi connectivity index (χ4n) is 0.929. The zero-order valence-electron chi connectivity index (χ0n) is 7.30. The highest BCUT2D eigenvalue weighted by atomic mass is 19.2. The molecule has 0 aliphatic heterocycles. The molecule has 0 N–H and O–H groups in total. The lowest BCUT2D eigenvalue weighted by Crippen LogP contribution is -2.01. The van der Waals surface area contributed by atoms with E-state index in [0.29, 0.717) is 6.29 Å². The van der Waals surface area contributed by atoms with Gasteiger partial charge < -0.3 is 4.74 Å². The summed E-state index contributed by atoms with van der Waals surface area (Å²) in [5, 5.41) is 0. The summed E-state index contributed by atoms with van der Waals surface area (Å²) in [5.74, 6) is -2.58. The van der Waals surface area contributed by atoms with Crippen LogP contribution in [0.25, 0.3) is 0 Å². The smallest absolute Gasteiger partial charge is 0.201 e. The van der Waals surface area contributed by atoms with Crippen molar-refractivity contribution in [2.75, 3.05) is 6.61 Å². The Hall–Kier alpha value is -1.71. The van der Waals surface area contributed by atoms with E-state index < -0.39 is 11.6 Å². The molecule has 0 saturated heterocycles. The predicted molar refractivity (Wildman–Crippen MR) is 47.4 cm³/mol. The molecule has 74 valence electrons. The summed E-state index contributed by atoms with van der Waals surface area (Å²) in [6.07, 6.45) is 1.78. The molecule has 0 aromatic heterocycles. The molecule has 2 nitrogen and oxygen atoms in total. The minimum atomic E-state index is -1.16. The number of aldehydes is 1. The molecule has 0 saturated carbocycles. The van der Waals surface area contributed by atoms with E-state index in [9.17, 15) is 13.6 Å². The standard InChI is InChI=1S/C10H8F2O2/c1-2-5-14-10-7(6-13)3-4-8(11)9(10)12/h2-4,6H,1,5H2. The minimum Gasteiger partial charge on any atom is -0.486 e. The van der Waals surface area contributed by atoms with Gasteiger partial charge in [0, 0.05) is 0 Å². The van der Waals surface area contributed by atoms with Gasteiger partial charge in [0.05, 0.1) is 5.56 Å². The summed E-state index contributed by atoms with van der Waals surface area (Å²) >= 11 is 0. The molecule has 1 aromatic rings. The molecule has 0 atom stereocenters. The minimum absolute atomic E-state index is 0.0151. The van der Waals surface area contributed by atoms with Gasteiger partial charge >= 0.3 is 0 Å². The van der Waals surface area contributed by atoms with Crippen molar-refractivity contribution in [1.82, 2.24) is 0 Å². The van der Waals surface area contributed by atoms with Crippen LogP contribution in [0.15, 0.2) is 24.8 Å².